The summed E-state index contributed by atoms with van der Waals surface area (Å²) in [7, 11) is -3.21. The lowest BCUT2D eigenvalue weighted by molar-refractivity contribution is 0.0608. The smallest absolute Gasteiger partial charge is 0.430 e. The number of carbonyl (C=O) groups excluding carboxylic acids is 2. The van der Waals surface area contributed by atoms with Gasteiger partial charge >= 0.3 is 12.2 Å². The number of hydrogen-bond donors (Lipinski definition) is 1. The monoisotopic (exact) mass is 655 g/mol. The van der Waals surface area contributed by atoms with E-state index in [2.05, 4.69) is 20.1 Å². The van der Waals surface area contributed by atoms with Gasteiger partial charge in [-0.15, -0.1) is 15.6 Å². The number of likely N-dealkylation sites (N-methyl/N-ethyl adjacent to an activating group) is 1. The van der Waals surface area contributed by atoms with Crippen LogP contribution in [0.3, 0.4) is 0 Å². The molecule has 44 heavy (non-hydrogen) atoms. The van der Waals surface area contributed by atoms with Crippen molar-refractivity contribution in [3.05, 3.63) is 69.8 Å². The van der Waals surface area contributed by atoms with E-state index in [-0.39, 0.29) is 16.4 Å². The summed E-state index contributed by atoms with van der Waals surface area (Å²) in [6, 6.07) is 5.53. The first kappa shape index (κ1) is 33.2. The maximum absolute atomic E-state index is 15.2. The number of carbonyl (C=O) groups is 2. The highest BCUT2D eigenvalue weighted by Crippen LogP contribution is 2.31. The van der Waals surface area contributed by atoms with Crippen molar-refractivity contribution >= 4 is 39.4 Å². The van der Waals surface area contributed by atoms with E-state index in [4.69, 9.17) is 9.47 Å². The van der Waals surface area contributed by atoms with Gasteiger partial charge in [-0.1, -0.05) is 12.1 Å². The number of sulfonamides is 1. The van der Waals surface area contributed by atoms with Crippen LogP contribution in [0.5, 0.6) is 5.75 Å². The molecule has 2 amide bonds. The van der Waals surface area contributed by atoms with Gasteiger partial charge in [-0.3, -0.25) is 4.90 Å². The van der Waals surface area contributed by atoms with Gasteiger partial charge in [0.1, 0.15) is 28.8 Å². The maximum Gasteiger partial charge on any atom is 0.430 e. The van der Waals surface area contributed by atoms with Crippen molar-refractivity contribution < 1.29 is 40.7 Å². The second kappa shape index (κ2) is 13.5. The fourth-order valence-corrected chi connectivity index (χ4v) is 6.32. The molecule has 1 N–H and O–H groups in total. The molecule has 2 aromatic carbocycles. The third kappa shape index (κ3) is 8.05. The topological polar surface area (TPSA) is 121 Å². The van der Waals surface area contributed by atoms with Crippen LogP contribution in [-0.4, -0.2) is 74.2 Å². The van der Waals surface area contributed by atoms with Crippen LogP contribution < -0.4 is 14.4 Å². The zero-order valence-corrected chi connectivity index (χ0v) is 26.1. The Morgan fingerprint density at radius 2 is 1.73 bits per heavy atom. The van der Waals surface area contributed by atoms with E-state index in [1.807, 2.05) is 7.05 Å². The highest BCUT2D eigenvalue weighted by atomic mass is 32.2. The number of piperazine rings is 1. The maximum atomic E-state index is 15.2. The number of halogens is 3. The number of thiazole rings is 1. The van der Waals surface area contributed by atoms with E-state index in [0.29, 0.717) is 24.2 Å². The first-order chi connectivity index (χ1) is 20.7. The summed E-state index contributed by atoms with van der Waals surface area (Å²) in [6.07, 6.45) is -2.59. The minimum atomic E-state index is -5.22. The van der Waals surface area contributed by atoms with Crippen molar-refractivity contribution in [1.82, 2.24) is 20.1 Å². The molecular weight excluding hydrogens is 623 g/mol. The molecule has 16 heteroatoms. The van der Waals surface area contributed by atoms with Crippen molar-refractivity contribution in [1.29, 1.82) is 0 Å². The molecule has 1 fully saturated rings. The van der Waals surface area contributed by atoms with Crippen molar-refractivity contribution in [3.8, 4) is 5.75 Å². The van der Waals surface area contributed by atoms with Gasteiger partial charge in [0.15, 0.2) is 10.7 Å². The van der Waals surface area contributed by atoms with Crippen LogP contribution in [0.25, 0.3) is 0 Å². The highest BCUT2D eigenvalue weighted by Gasteiger charge is 2.40. The molecular formula is C28H32F3N5O6S2. The second-order valence-electron chi connectivity index (χ2n) is 11.0. The van der Waals surface area contributed by atoms with Gasteiger partial charge in [0.2, 0.25) is 0 Å². The molecule has 1 aromatic heterocycles. The number of aromatic nitrogens is 1. The van der Waals surface area contributed by atoms with Crippen molar-refractivity contribution in [2.45, 2.75) is 44.4 Å². The summed E-state index contributed by atoms with van der Waals surface area (Å²) in [5.41, 5.74) is 0.973. The lowest BCUT2D eigenvalue weighted by Gasteiger charge is -2.32. The van der Waals surface area contributed by atoms with Crippen LogP contribution in [0.4, 0.5) is 28.6 Å². The third-order valence-corrected chi connectivity index (χ3v) is 8.78. The van der Waals surface area contributed by atoms with Crippen molar-refractivity contribution in [3.63, 3.8) is 0 Å². The molecule has 0 aliphatic carbocycles. The minimum Gasteiger partial charge on any atom is -0.443 e. The predicted molar refractivity (Wildman–Crippen MR) is 156 cm³/mol. The van der Waals surface area contributed by atoms with Gasteiger partial charge in [0.05, 0.1) is 5.51 Å². The highest BCUT2D eigenvalue weighted by molar-refractivity contribution is 7.93. The van der Waals surface area contributed by atoms with Gasteiger partial charge in [0.25, 0.3) is 10.0 Å². The molecule has 0 radical (unpaired) electrons. The Hall–Kier alpha value is -3.73. The van der Waals surface area contributed by atoms with E-state index in [1.54, 1.807) is 12.1 Å². The molecule has 0 unspecified atom stereocenters. The first-order valence-electron chi connectivity index (χ1n) is 13.4. The van der Waals surface area contributed by atoms with Gasteiger partial charge < -0.3 is 19.7 Å². The van der Waals surface area contributed by atoms with Crippen LogP contribution >= 0.6 is 11.3 Å². The first-order valence-corrected chi connectivity index (χ1v) is 15.8. The van der Waals surface area contributed by atoms with Crippen LogP contribution in [0.2, 0.25) is 0 Å². The third-order valence-electron chi connectivity index (χ3n) is 6.48. The second-order valence-corrected chi connectivity index (χ2v) is 13.5. The molecule has 4 rings (SSSR count). The Morgan fingerprint density at radius 3 is 2.32 bits per heavy atom. The zero-order valence-electron chi connectivity index (χ0n) is 24.5. The molecule has 2 heterocycles. The summed E-state index contributed by atoms with van der Waals surface area (Å²) in [6.45, 7) is 7.96. The number of anilines is 1. The lowest BCUT2D eigenvalue weighted by atomic mass is 10.1. The fraction of sp³-hybridized carbons (Fsp3) is 0.393. The Kier molecular flexibility index (Phi) is 10.2. The van der Waals surface area contributed by atoms with E-state index in [1.165, 1.54) is 37.7 Å². The van der Waals surface area contributed by atoms with Gasteiger partial charge in [-0.2, -0.15) is 0 Å². The predicted octanol–water partition coefficient (Wildman–Crippen LogP) is 4.73. The number of benzene rings is 2. The quantitative estimate of drug-likeness (QED) is 0.367. The van der Waals surface area contributed by atoms with E-state index in [0.717, 1.165) is 37.5 Å². The number of hydrogen-bond acceptors (Lipinski definition) is 10. The molecule has 238 valence electrons. The van der Waals surface area contributed by atoms with Gasteiger partial charge in [-0.25, -0.2) is 36.2 Å². The van der Waals surface area contributed by atoms with E-state index in [9.17, 15) is 22.4 Å². The van der Waals surface area contributed by atoms with Crippen LogP contribution in [0, 0.1) is 17.5 Å². The summed E-state index contributed by atoms with van der Waals surface area (Å²) >= 11 is 0.941. The Labute approximate surface area is 257 Å². The van der Waals surface area contributed by atoms with Crippen LogP contribution in [-0.2, 0) is 27.8 Å². The zero-order chi connectivity index (χ0) is 32.2. The Morgan fingerprint density at radius 1 is 1.07 bits per heavy atom. The molecule has 11 nitrogen and oxygen atoms in total. The number of amides is 2. The molecule has 0 atom stereocenters. The lowest BCUT2D eigenvalue weighted by Crippen LogP contribution is -2.44. The molecule has 1 aliphatic heterocycles. The molecule has 0 spiro atoms. The fourth-order valence-electron chi connectivity index (χ4n) is 4.36. The summed E-state index contributed by atoms with van der Waals surface area (Å²) in [4.78, 5) is 32.0. The van der Waals surface area contributed by atoms with Crippen molar-refractivity contribution in [2.75, 3.05) is 37.5 Å². The molecule has 1 aliphatic rings. The SMILES string of the molecule is CN1CCN(Cc2cccc(F)c2CNC(=O)Oc2cc(F)c(S(=O)(=O)N(C(=O)OC(C)(C)C)c3cscn3)c(F)c2)CC1. The largest absolute Gasteiger partial charge is 0.443 e. The number of nitrogens with one attached hydrogen (secondary N) is 1. The summed E-state index contributed by atoms with van der Waals surface area (Å²) in [5, 5.41) is 3.55. The molecule has 0 saturated carbocycles. The van der Waals surface area contributed by atoms with E-state index >= 15 is 8.78 Å². The molecule has 0 bridgehead atoms. The standard InChI is InChI=1S/C28H32F3N5O6S2/c1-28(2,3)42-27(38)36(24-16-43-17-33-24)44(39,40)25-22(30)12-19(13-23(25)31)41-26(37)32-14-20-18(6-5-7-21(20)29)15-35-10-8-34(4)9-11-35/h5-7,12-13,16-17H,8-11,14-15H2,1-4H3,(H,32,37). The molecule has 1 saturated heterocycles. The Balaban J connectivity index is 1.50. The molecule has 3 aromatic rings. The average molecular weight is 656 g/mol. The summed E-state index contributed by atoms with van der Waals surface area (Å²) in [5.74, 6) is -4.92. The normalized spacial score (nSPS) is 14.7. The van der Waals surface area contributed by atoms with Crippen molar-refractivity contribution in [2.24, 2.45) is 0 Å². The average Bonchev–Trinajstić information content (AvgIpc) is 3.42. The minimum absolute atomic E-state index is 0.0532. The summed E-state index contributed by atoms with van der Waals surface area (Å²) < 4.78 is 82.0. The van der Waals surface area contributed by atoms with E-state index < -0.39 is 61.7 Å². The number of rotatable bonds is 8. The number of ether oxygens (including phenoxy) is 2. The van der Waals surface area contributed by atoms with Gasteiger partial charge in [0, 0.05) is 62.3 Å². The van der Waals surface area contributed by atoms with Crippen LogP contribution in [0.15, 0.2) is 46.1 Å². The number of nitrogens with zero attached hydrogens (tertiary/aromatic N) is 4. The van der Waals surface area contributed by atoms with Gasteiger partial charge in [-0.05, 0) is 39.4 Å². The van der Waals surface area contributed by atoms with Crippen LogP contribution in [0.1, 0.15) is 31.9 Å². The Bertz CT molecular complexity index is 1590.